The van der Waals surface area contributed by atoms with Gasteiger partial charge in [-0.2, -0.15) is 0 Å². The highest BCUT2D eigenvalue weighted by Crippen LogP contribution is 2.20. The van der Waals surface area contributed by atoms with E-state index in [2.05, 4.69) is 4.72 Å². The zero-order valence-corrected chi connectivity index (χ0v) is 11.7. The molecule has 6 heteroatoms. The number of sulfonamides is 1. The van der Waals surface area contributed by atoms with Crippen molar-refractivity contribution < 1.29 is 17.9 Å². The summed E-state index contributed by atoms with van der Waals surface area (Å²) in [6, 6.07) is 2.40. The van der Waals surface area contributed by atoms with E-state index in [4.69, 9.17) is 5.11 Å². The first-order valence-corrected chi connectivity index (χ1v) is 6.99. The molecule has 1 aromatic carbocycles. The number of halogens is 1. The van der Waals surface area contributed by atoms with Crippen LogP contribution in [0.3, 0.4) is 0 Å². The molecule has 1 aromatic rings. The van der Waals surface area contributed by atoms with Gasteiger partial charge in [-0.1, -0.05) is 0 Å². The van der Waals surface area contributed by atoms with Crippen LogP contribution in [0.1, 0.15) is 31.9 Å². The van der Waals surface area contributed by atoms with Gasteiger partial charge in [-0.15, -0.1) is 0 Å². The summed E-state index contributed by atoms with van der Waals surface area (Å²) in [6.45, 7) is 6.08. The molecule has 0 aliphatic rings. The molecule has 4 nitrogen and oxygen atoms in total. The van der Waals surface area contributed by atoms with E-state index in [1.54, 1.807) is 20.8 Å². The van der Waals surface area contributed by atoms with Crippen molar-refractivity contribution in [3.63, 3.8) is 0 Å². The van der Waals surface area contributed by atoms with Gasteiger partial charge >= 0.3 is 0 Å². The molecule has 0 saturated carbocycles. The second-order valence-electron chi connectivity index (χ2n) is 5.23. The Morgan fingerprint density at radius 3 is 2.33 bits per heavy atom. The molecule has 0 saturated heterocycles. The van der Waals surface area contributed by atoms with E-state index in [9.17, 15) is 12.8 Å². The fraction of sp³-hybridized carbons (Fsp3) is 0.500. The Morgan fingerprint density at radius 2 is 1.89 bits per heavy atom. The van der Waals surface area contributed by atoms with Crippen molar-refractivity contribution in [1.82, 2.24) is 4.72 Å². The van der Waals surface area contributed by atoms with E-state index in [1.807, 2.05) is 0 Å². The van der Waals surface area contributed by atoms with Crippen LogP contribution in [0.2, 0.25) is 0 Å². The summed E-state index contributed by atoms with van der Waals surface area (Å²) in [6.07, 6.45) is 0. The molecule has 0 fully saturated rings. The first kappa shape index (κ1) is 15.1. The predicted molar refractivity (Wildman–Crippen MR) is 67.1 cm³/mol. The average Bonchev–Trinajstić information content (AvgIpc) is 2.18. The summed E-state index contributed by atoms with van der Waals surface area (Å²) in [5.74, 6) is -0.577. The molecule has 0 heterocycles. The van der Waals surface area contributed by atoms with Crippen molar-refractivity contribution in [2.24, 2.45) is 0 Å². The molecule has 0 aliphatic carbocycles. The van der Waals surface area contributed by atoms with Gasteiger partial charge in [0.15, 0.2) is 0 Å². The fourth-order valence-electron chi connectivity index (χ4n) is 1.54. The molecule has 102 valence electrons. The Balaban J connectivity index is 3.30. The number of nitrogens with one attached hydrogen (secondary N) is 1. The van der Waals surface area contributed by atoms with Crippen LogP contribution < -0.4 is 4.72 Å². The van der Waals surface area contributed by atoms with Crippen molar-refractivity contribution in [1.29, 1.82) is 0 Å². The van der Waals surface area contributed by atoms with Crippen LogP contribution >= 0.6 is 0 Å². The Hall–Kier alpha value is -0.980. The molecule has 0 aromatic heterocycles. The fourth-order valence-corrected chi connectivity index (χ4v) is 3.09. The number of benzene rings is 1. The van der Waals surface area contributed by atoms with Crippen LogP contribution in [0.5, 0.6) is 0 Å². The average molecular weight is 275 g/mol. The van der Waals surface area contributed by atoms with Crippen molar-refractivity contribution in [2.75, 3.05) is 0 Å². The number of rotatable bonds is 3. The van der Waals surface area contributed by atoms with Crippen molar-refractivity contribution in [3.05, 3.63) is 29.1 Å². The molecule has 0 atom stereocenters. The minimum absolute atomic E-state index is 0.0238. The standard InChI is InChI=1S/C12H18FNO3S/c1-8-5-10(6-9(7-15)11(8)13)18(16,17)14-12(2,3)4/h5-6,14-15H,7H2,1-4H3. The summed E-state index contributed by atoms with van der Waals surface area (Å²) in [7, 11) is -3.72. The largest absolute Gasteiger partial charge is 0.392 e. The van der Waals surface area contributed by atoms with Crippen LogP contribution in [0.4, 0.5) is 4.39 Å². The summed E-state index contributed by atoms with van der Waals surface area (Å²) < 4.78 is 40.1. The third kappa shape index (κ3) is 3.51. The quantitative estimate of drug-likeness (QED) is 0.882. The number of aliphatic hydroxyl groups is 1. The lowest BCUT2D eigenvalue weighted by atomic mass is 10.1. The monoisotopic (exact) mass is 275 g/mol. The molecular weight excluding hydrogens is 257 g/mol. The van der Waals surface area contributed by atoms with Gasteiger partial charge in [-0.25, -0.2) is 17.5 Å². The molecule has 0 bridgehead atoms. The Labute approximate surface area is 107 Å². The van der Waals surface area contributed by atoms with Crippen LogP contribution in [-0.2, 0) is 16.6 Å². The van der Waals surface area contributed by atoms with Gasteiger partial charge in [0.1, 0.15) is 5.82 Å². The van der Waals surface area contributed by atoms with E-state index in [0.29, 0.717) is 0 Å². The topological polar surface area (TPSA) is 66.4 Å². The van der Waals surface area contributed by atoms with E-state index in [0.717, 1.165) is 6.07 Å². The lowest BCUT2D eigenvalue weighted by Crippen LogP contribution is -2.40. The third-order valence-electron chi connectivity index (χ3n) is 2.22. The highest BCUT2D eigenvalue weighted by molar-refractivity contribution is 7.89. The first-order valence-electron chi connectivity index (χ1n) is 5.51. The van der Waals surface area contributed by atoms with Gasteiger partial charge in [-0.3, -0.25) is 0 Å². The summed E-state index contributed by atoms with van der Waals surface area (Å²) >= 11 is 0. The molecule has 1 rings (SSSR count). The summed E-state index contributed by atoms with van der Waals surface area (Å²) in [4.78, 5) is -0.0413. The molecule has 0 spiro atoms. The maximum absolute atomic E-state index is 13.5. The van der Waals surface area contributed by atoms with Gasteiger partial charge < -0.3 is 5.11 Å². The van der Waals surface area contributed by atoms with Crippen LogP contribution in [0.15, 0.2) is 17.0 Å². The molecule has 0 unspecified atom stereocenters. The van der Waals surface area contributed by atoms with E-state index >= 15 is 0 Å². The zero-order valence-electron chi connectivity index (χ0n) is 10.9. The van der Waals surface area contributed by atoms with Gasteiger partial charge in [0, 0.05) is 11.1 Å². The molecular formula is C12H18FNO3S. The predicted octanol–water partition coefficient (Wildman–Crippen LogP) is 1.70. The SMILES string of the molecule is Cc1cc(S(=O)(=O)NC(C)(C)C)cc(CO)c1F. The number of aliphatic hydroxyl groups excluding tert-OH is 1. The maximum atomic E-state index is 13.5. The Morgan fingerprint density at radius 1 is 1.33 bits per heavy atom. The van der Waals surface area contributed by atoms with Crippen LogP contribution in [0.25, 0.3) is 0 Å². The van der Waals surface area contributed by atoms with Crippen molar-refractivity contribution in [2.45, 2.75) is 44.7 Å². The van der Waals surface area contributed by atoms with E-state index < -0.39 is 28.0 Å². The molecule has 0 radical (unpaired) electrons. The minimum Gasteiger partial charge on any atom is -0.392 e. The molecule has 18 heavy (non-hydrogen) atoms. The smallest absolute Gasteiger partial charge is 0.241 e. The van der Waals surface area contributed by atoms with E-state index in [1.165, 1.54) is 13.0 Å². The van der Waals surface area contributed by atoms with Crippen molar-refractivity contribution in [3.8, 4) is 0 Å². The normalized spacial score (nSPS) is 12.8. The van der Waals surface area contributed by atoms with Gasteiger partial charge in [0.05, 0.1) is 11.5 Å². The number of hydrogen-bond donors (Lipinski definition) is 2. The van der Waals surface area contributed by atoms with Crippen LogP contribution in [-0.4, -0.2) is 19.1 Å². The van der Waals surface area contributed by atoms with E-state index in [-0.39, 0.29) is 16.0 Å². The van der Waals surface area contributed by atoms with Crippen LogP contribution in [0, 0.1) is 12.7 Å². The lowest BCUT2D eigenvalue weighted by molar-refractivity contribution is 0.275. The van der Waals surface area contributed by atoms with Gasteiger partial charge in [0.2, 0.25) is 10.0 Å². The second kappa shape index (κ2) is 4.95. The second-order valence-corrected chi connectivity index (χ2v) is 6.91. The molecule has 0 aliphatic heterocycles. The number of aryl methyl sites for hydroxylation is 1. The molecule has 2 N–H and O–H groups in total. The molecule has 0 amide bonds. The zero-order chi connectivity index (χ0) is 14.1. The summed E-state index contributed by atoms with van der Waals surface area (Å²) in [5.41, 5.74) is -0.458. The summed E-state index contributed by atoms with van der Waals surface area (Å²) in [5, 5.41) is 9.01. The minimum atomic E-state index is -3.72. The highest BCUT2D eigenvalue weighted by Gasteiger charge is 2.23. The number of hydrogen-bond acceptors (Lipinski definition) is 3. The lowest BCUT2D eigenvalue weighted by Gasteiger charge is -2.21. The highest BCUT2D eigenvalue weighted by atomic mass is 32.2. The van der Waals surface area contributed by atoms with Crippen molar-refractivity contribution >= 4 is 10.0 Å². The maximum Gasteiger partial charge on any atom is 0.241 e. The Bertz CT molecular complexity index is 547. The Kier molecular flexibility index (Phi) is 4.15. The van der Waals surface area contributed by atoms with Gasteiger partial charge in [0.25, 0.3) is 0 Å². The van der Waals surface area contributed by atoms with Gasteiger partial charge in [-0.05, 0) is 45.4 Å². The first-order chi connectivity index (χ1) is 8.07. The third-order valence-corrected chi connectivity index (χ3v) is 3.96.